The summed E-state index contributed by atoms with van der Waals surface area (Å²) in [5.41, 5.74) is 0.564. The van der Waals surface area contributed by atoms with Crippen molar-refractivity contribution in [2.75, 3.05) is 0 Å². The van der Waals surface area contributed by atoms with Crippen LogP contribution in [0.2, 0.25) is 0 Å². The van der Waals surface area contributed by atoms with Crippen molar-refractivity contribution >= 4 is 5.91 Å². The SMILES string of the molecule is Cc1cc(C(=O)NC(C)C(O)c2ccc(F)c(F)c2)c(C)o1. The number of aliphatic hydroxyl groups excluding tert-OH is 1. The molecule has 4 nitrogen and oxygen atoms in total. The number of nitrogens with one attached hydrogen (secondary N) is 1. The quantitative estimate of drug-likeness (QED) is 0.912. The monoisotopic (exact) mass is 309 g/mol. The average Bonchev–Trinajstić information content (AvgIpc) is 2.80. The molecule has 2 unspecified atom stereocenters. The second-order valence-corrected chi connectivity index (χ2v) is 5.21. The Labute approximate surface area is 126 Å². The van der Waals surface area contributed by atoms with Gasteiger partial charge in [0.2, 0.25) is 0 Å². The Morgan fingerprint density at radius 3 is 2.45 bits per heavy atom. The van der Waals surface area contributed by atoms with Crippen LogP contribution in [-0.2, 0) is 0 Å². The number of amides is 1. The molecular weight excluding hydrogens is 292 g/mol. The van der Waals surface area contributed by atoms with E-state index in [1.165, 1.54) is 6.07 Å². The summed E-state index contributed by atoms with van der Waals surface area (Å²) in [4.78, 5) is 12.1. The van der Waals surface area contributed by atoms with Crippen LogP contribution in [-0.4, -0.2) is 17.1 Å². The van der Waals surface area contributed by atoms with Crippen molar-refractivity contribution in [3.05, 3.63) is 58.5 Å². The summed E-state index contributed by atoms with van der Waals surface area (Å²) in [6.45, 7) is 4.97. The number of carbonyl (C=O) groups excluding carboxylic acids is 1. The molecule has 1 amide bonds. The fourth-order valence-electron chi connectivity index (χ4n) is 2.20. The normalized spacial score (nSPS) is 13.7. The van der Waals surface area contributed by atoms with Gasteiger partial charge in [-0.25, -0.2) is 8.78 Å². The number of aryl methyl sites for hydroxylation is 2. The molecule has 0 saturated carbocycles. The first-order valence-corrected chi connectivity index (χ1v) is 6.80. The van der Waals surface area contributed by atoms with Gasteiger partial charge >= 0.3 is 0 Å². The molecule has 0 aliphatic rings. The molecule has 0 aliphatic heterocycles. The molecule has 2 N–H and O–H groups in total. The summed E-state index contributed by atoms with van der Waals surface area (Å²) < 4.78 is 31.4. The number of furan rings is 1. The van der Waals surface area contributed by atoms with Crippen molar-refractivity contribution in [2.24, 2.45) is 0 Å². The Morgan fingerprint density at radius 2 is 1.91 bits per heavy atom. The molecule has 2 atom stereocenters. The molecule has 2 rings (SSSR count). The maximum absolute atomic E-state index is 13.2. The number of hydrogen-bond acceptors (Lipinski definition) is 3. The van der Waals surface area contributed by atoms with Crippen LogP contribution in [0, 0.1) is 25.5 Å². The molecule has 0 aliphatic carbocycles. The van der Waals surface area contributed by atoms with Crippen molar-refractivity contribution in [2.45, 2.75) is 32.9 Å². The molecule has 1 heterocycles. The Bertz CT molecular complexity index is 697. The number of benzene rings is 1. The summed E-state index contributed by atoms with van der Waals surface area (Å²) >= 11 is 0. The smallest absolute Gasteiger partial charge is 0.255 e. The lowest BCUT2D eigenvalue weighted by atomic mass is 10.0. The van der Waals surface area contributed by atoms with Crippen molar-refractivity contribution < 1.29 is 23.1 Å². The molecule has 0 saturated heterocycles. The predicted octanol–water partition coefficient (Wildman–Crippen LogP) is 3.03. The zero-order valence-corrected chi connectivity index (χ0v) is 12.5. The standard InChI is InChI=1S/C16H17F2NO3/c1-8-6-12(10(3)22-8)16(21)19-9(2)15(20)11-4-5-13(17)14(18)7-11/h4-7,9,15,20H,1-3H3,(H,19,21). The van der Waals surface area contributed by atoms with Crippen LogP contribution in [0.25, 0.3) is 0 Å². The Hall–Kier alpha value is -2.21. The van der Waals surface area contributed by atoms with Crippen LogP contribution in [0.5, 0.6) is 0 Å². The first-order valence-electron chi connectivity index (χ1n) is 6.80. The van der Waals surface area contributed by atoms with E-state index in [-0.39, 0.29) is 5.56 Å². The van der Waals surface area contributed by atoms with Gasteiger partial charge in [-0.15, -0.1) is 0 Å². The molecule has 0 radical (unpaired) electrons. The van der Waals surface area contributed by atoms with Gasteiger partial charge in [-0.1, -0.05) is 6.07 Å². The fourth-order valence-corrected chi connectivity index (χ4v) is 2.20. The zero-order valence-electron chi connectivity index (χ0n) is 12.5. The molecule has 1 aromatic heterocycles. The summed E-state index contributed by atoms with van der Waals surface area (Å²) in [5, 5.41) is 12.8. The van der Waals surface area contributed by atoms with Gasteiger partial charge in [-0.05, 0) is 44.5 Å². The van der Waals surface area contributed by atoms with Gasteiger partial charge in [-0.3, -0.25) is 4.79 Å². The zero-order chi connectivity index (χ0) is 16.4. The molecule has 0 fully saturated rings. The van der Waals surface area contributed by atoms with E-state index in [9.17, 15) is 18.7 Å². The van der Waals surface area contributed by atoms with Gasteiger partial charge in [0.25, 0.3) is 5.91 Å². The minimum Gasteiger partial charge on any atom is -0.466 e. The lowest BCUT2D eigenvalue weighted by Crippen LogP contribution is -2.37. The highest BCUT2D eigenvalue weighted by Gasteiger charge is 2.22. The van der Waals surface area contributed by atoms with Gasteiger partial charge in [0, 0.05) is 0 Å². The maximum atomic E-state index is 13.2. The first kappa shape index (κ1) is 16.2. The minimum absolute atomic E-state index is 0.187. The second-order valence-electron chi connectivity index (χ2n) is 5.21. The van der Waals surface area contributed by atoms with Crippen molar-refractivity contribution in [3.63, 3.8) is 0 Å². The number of aliphatic hydroxyl groups is 1. The molecule has 22 heavy (non-hydrogen) atoms. The molecule has 6 heteroatoms. The Balaban J connectivity index is 2.10. The molecule has 1 aromatic carbocycles. The molecule has 0 bridgehead atoms. The van der Waals surface area contributed by atoms with E-state index in [1.807, 2.05) is 0 Å². The summed E-state index contributed by atoms with van der Waals surface area (Å²) in [6.07, 6.45) is -1.16. The van der Waals surface area contributed by atoms with E-state index in [4.69, 9.17) is 4.42 Å². The second kappa shape index (κ2) is 6.27. The lowest BCUT2D eigenvalue weighted by molar-refractivity contribution is 0.0850. The molecule has 2 aromatic rings. The van der Waals surface area contributed by atoms with Gasteiger partial charge in [0.15, 0.2) is 11.6 Å². The third-order valence-corrected chi connectivity index (χ3v) is 3.40. The highest BCUT2D eigenvalue weighted by Crippen LogP contribution is 2.20. The Kier molecular flexibility index (Phi) is 4.61. The fraction of sp³-hybridized carbons (Fsp3) is 0.312. The number of hydrogen-bond donors (Lipinski definition) is 2. The van der Waals surface area contributed by atoms with Gasteiger partial charge < -0.3 is 14.8 Å². The van der Waals surface area contributed by atoms with Gasteiger partial charge in [0.05, 0.1) is 17.7 Å². The third-order valence-electron chi connectivity index (χ3n) is 3.40. The largest absolute Gasteiger partial charge is 0.466 e. The van der Waals surface area contributed by atoms with E-state index in [2.05, 4.69) is 5.32 Å². The summed E-state index contributed by atoms with van der Waals surface area (Å²) in [7, 11) is 0. The third kappa shape index (κ3) is 3.33. The topological polar surface area (TPSA) is 62.5 Å². The van der Waals surface area contributed by atoms with Crippen LogP contribution in [0.3, 0.4) is 0 Å². The number of carbonyl (C=O) groups is 1. The van der Waals surface area contributed by atoms with Gasteiger partial charge in [0.1, 0.15) is 11.5 Å². The minimum atomic E-state index is -1.16. The summed E-state index contributed by atoms with van der Waals surface area (Å²) in [5.74, 6) is -1.35. The van der Waals surface area contributed by atoms with Crippen LogP contribution >= 0.6 is 0 Å². The van der Waals surface area contributed by atoms with E-state index in [0.29, 0.717) is 17.1 Å². The number of rotatable bonds is 4. The van der Waals surface area contributed by atoms with Crippen LogP contribution in [0.1, 0.15) is 40.5 Å². The highest BCUT2D eigenvalue weighted by atomic mass is 19.2. The predicted molar refractivity (Wildman–Crippen MR) is 76.4 cm³/mol. The summed E-state index contributed by atoms with van der Waals surface area (Å²) in [6, 6.07) is 4.04. The number of halogens is 2. The lowest BCUT2D eigenvalue weighted by Gasteiger charge is -2.20. The van der Waals surface area contributed by atoms with Crippen molar-refractivity contribution in [3.8, 4) is 0 Å². The van der Waals surface area contributed by atoms with E-state index in [1.54, 1.807) is 26.8 Å². The molecular formula is C16H17F2NO3. The average molecular weight is 309 g/mol. The van der Waals surface area contributed by atoms with Crippen LogP contribution in [0.4, 0.5) is 8.78 Å². The first-order chi connectivity index (χ1) is 10.3. The van der Waals surface area contributed by atoms with Crippen LogP contribution in [0.15, 0.2) is 28.7 Å². The van der Waals surface area contributed by atoms with E-state index in [0.717, 1.165) is 12.1 Å². The van der Waals surface area contributed by atoms with E-state index < -0.39 is 29.7 Å². The van der Waals surface area contributed by atoms with Crippen molar-refractivity contribution in [1.29, 1.82) is 0 Å². The highest BCUT2D eigenvalue weighted by molar-refractivity contribution is 5.95. The molecule has 118 valence electrons. The molecule has 0 spiro atoms. The Morgan fingerprint density at radius 1 is 1.23 bits per heavy atom. The van der Waals surface area contributed by atoms with Crippen LogP contribution < -0.4 is 5.32 Å². The van der Waals surface area contributed by atoms with Gasteiger partial charge in [-0.2, -0.15) is 0 Å². The van der Waals surface area contributed by atoms with Crippen molar-refractivity contribution in [1.82, 2.24) is 5.32 Å². The van der Waals surface area contributed by atoms with E-state index >= 15 is 0 Å². The maximum Gasteiger partial charge on any atom is 0.255 e.